The smallest absolute Gasteiger partial charge is 0.412 e. The number of hydrogen-bond donors (Lipinski definition) is 4. The summed E-state index contributed by atoms with van der Waals surface area (Å²) in [6.07, 6.45) is 22.5. The van der Waals surface area contributed by atoms with Crippen LogP contribution >= 0.6 is 0 Å². The summed E-state index contributed by atoms with van der Waals surface area (Å²) >= 11 is 0. The molecule has 0 unspecified atom stereocenters. The van der Waals surface area contributed by atoms with Gasteiger partial charge in [0.05, 0.1) is 43.0 Å². The van der Waals surface area contributed by atoms with Gasteiger partial charge in [-0.25, -0.2) is 4.79 Å². The number of fused-ring (bicyclic) bond motifs is 2. The Kier molecular flexibility index (Phi) is 24.4. The number of nitro groups is 1. The van der Waals surface area contributed by atoms with Gasteiger partial charge >= 0.3 is 6.09 Å². The number of allylic oxidation sites excluding steroid dienone is 1. The van der Waals surface area contributed by atoms with Gasteiger partial charge in [-0.05, 0) is 112 Å². The number of aliphatic hydroxyl groups is 3. The van der Waals surface area contributed by atoms with Crippen molar-refractivity contribution in [2.24, 2.45) is 22.9 Å². The fourth-order valence-electron chi connectivity index (χ4n) is 10.6. The highest BCUT2D eigenvalue weighted by atomic mass is 16.7. The molecule has 1 saturated carbocycles. The zero-order valence-corrected chi connectivity index (χ0v) is 44.0. The van der Waals surface area contributed by atoms with E-state index in [1.54, 1.807) is 41.3 Å². The lowest BCUT2D eigenvalue weighted by atomic mass is 9.55. The largest absolute Gasteiger partial charge is 0.459 e. The fraction of sp³-hybridized carbons (Fsp3) is 0.632. The average molecular weight is 1020 g/mol. The molecule has 16 heteroatoms. The minimum atomic E-state index is -1.58. The number of nitro benzene ring substituents is 1. The molecular weight excluding hydrogens is 933 g/mol. The molecule has 2 aliphatic carbocycles. The van der Waals surface area contributed by atoms with Crippen LogP contribution in [0.15, 0.2) is 78.0 Å². The fourth-order valence-corrected chi connectivity index (χ4v) is 10.6. The first-order chi connectivity index (χ1) is 35.3. The Labute approximate surface area is 433 Å². The van der Waals surface area contributed by atoms with Crippen molar-refractivity contribution in [2.75, 3.05) is 52.7 Å². The third-order valence-electron chi connectivity index (χ3n) is 14.0. The molecule has 0 saturated heterocycles. The van der Waals surface area contributed by atoms with Crippen molar-refractivity contribution in [1.82, 2.24) is 10.2 Å². The zero-order valence-electron chi connectivity index (χ0n) is 44.0. The van der Waals surface area contributed by atoms with E-state index < -0.39 is 40.3 Å². The minimum Gasteiger partial charge on any atom is -0.459 e. The predicted octanol–water partition coefficient (Wildman–Crippen LogP) is 10.6. The number of rotatable bonds is 33. The maximum absolute atomic E-state index is 15.0. The third-order valence-corrected chi connectivity index (χ3v) is 14.0. The molecule has 1 aliphatic heterocycles. The van der Waals surface area contributed by atoms with Crippen LogP contribution in [0.5, 0.6) is 11.5 Å². The number of ether oxygens (including phenoxy) is 4. The summed E-state index contributed by atoms with van der Waals surface area (Å²) in [7, 11) is 0. The predicted molar refractivity (Wildman–Crippen MR) is 283 cm³/mol. The number of aliphatic hydroxyl groups excluding tert-OH is 3. The molecule has 4 N–H and O–H groups in total. The SMILES string of the molecule is C=CCO[C@@]12Oc3ccc(OC(=O)NCCCCCCCCCCCC)cc3[C@H]3[C@H](CCCCO)[C@@H](CCCCO)C=C(C(=NOC(C)(C)C)C[C@@H]1N(CCOCCO)C(=O)C=Cc1ccc([N+](=O)[O-])cc1)[C@H]32. The van der Waals surface area contributed by atoms with Crippen molar-refractivity contribution in [2.45, 2.75) is 160 Å². The number of nitrogens with zero attached hydrogens (tertiary/aromatic N) is 3. The van der Waals surface area contributed by atoms with E-state index in [4.69, 9.17) is 28.9 Å². The van der Waals surface area contributed by atoms with E-state index in [0.717, 1.165) is 49.7 Å². The molecule has 2 aromatic carbocycles. The van der Waals surface area contributed by atoms with E-state index in [0.29, 0.717) is 48.6 Å². The summed E-state index contributed by atoms with van der Waals surface area (Å²) in [6.45, 7) is 12.6. The summed E-state index contributed by atoms with van der Waals surface area (Å²) in [6, 6.07) is 10.4. The molecule has 1 fully saturated rings. The number of amides is 2. The van der Waals surface area contributed by atoms with Crippen molar-refractivity contribution in [1.29, 1.82) is 0 Å². The topological polar surface area (TPSA) is 212 Å². The van der Waals surface area contributed by atoms with Crippen LogP contribution in [0.3, 0.4) is 0 Å². The van der Waals surface area contributed by atoms with Crippen molar-refractivity contribution < 1.29 is 53.6 Å². The van der Waals surface area contributed by atoms with Gasteiger partial charge in [-0.2, -0.15) is 0 Å². The second-order valence-corrected chi connectivity index (χ2v) is 20.5. The quantitative estimate of drug-likeness (QED) is 0.0173. The van der Waals surface area contributed by atoms with Crippen LogP contribution in [0.1, 0.15) is 154 Å². The average Bonchev–Trinajstić information content (AvgIpc) is 3.37. The van der Waals surface area contributed by atoms with E-state index in [-0.39, 0.29) is 76.0 Å². The molecule has 2 amide bonds. The Morgan fingerprint density at radius 2 is 1.60 bits per heavy atom. The van der Waals surface area contributed by atoms with Gasteiger partial charge in [0, 0.05) is 62.4 Å². The molecule has 404 valence electrons. The molecule has 0 bridgehead atoms. The van der Waals surface area contributed by atoms with E-state index in [1.807, 2.05) is 26.8 Å². The Bertz CT molecular complexity index is 2140. The van der Waals surface area contributed by atoms with Crippen LogP contribution in [0.4, 0.5) is 10.5 Å². The highest BCUT2D eigenvalue weighted by molar-refractivity contribution is 6.03. The lowest BCUT2D eigenvalue weighted by Crippen LogP contribution is -2.70. The van der Waals surface area contributed by atoms with Crippen LogP contribution in [-0.4, -0.2) is 113 Å². The number of non-ortho nitro benzene ring substituents is 1. The Morgan fingerprint density at radius 1 is 0.918 bits per heavy atom. The number of unbranched alkanes of at least 4 members (excludes halogenated alkanes) is 11. The van der Waals surface area contributed by atoms with Gasteiger partial charge in [-0.1, -0.05) is 94.9 Å². The second kappa shape index (κ2) is 30.3. The molecule has 0 radical (unpaired) electrons. The zero-order chi connectivity index (χ0) is 52.6. The molecule has 16 nitrogen and oxygen atoms in total. The normalized spacial score (nSPS) is 21.7. The number of hydrogen-bond acceptors (Lipinski definition) is 13. The molecule has 6 atom stereocenters. The lowest BCUT2D eigenvalue weighted by Gasteiger charge is -2.60. The Hall–Kier alpha value is -5.13. The Balaban J connectivity index is 1.61. The van der Waals surface area contributed by atoms with Crippen LogP contribution in [0.2, 0.25) is 0 Å². The second-order valence-electron chi connectivity index (χ2n) is 20.5. The summed E-state index contributed by atoms with van der Waals surface area (Å²) in [5.74, 6) is -2.25. The highest BCUT2D eigenvalue weighted by Crippen LogP contribution is 2.62. The van der Waals surface area contributed by atoms with Gasteiger partial charge in [-0.3, -0.25) is 14.9 Å². The van der Waals surface area contributed by atoms with Gasteiger partial charge in [0.25, 0.3) is 5.69 Å². The third kappa shape index (κ3) is 17.2. The van der Waals surface area contributed by atoms with E-state index in [2.05, 4.69) is 24.9 Å². The van der Waals surface area contributed by atoms with E-state index in [9.17, 15) is 35.0 Å². The van der Waals surface area contributed by atoms with E-state index in [1.165, 1.54) is 63.2 Å². The number of benzene rings is 2. The van der Waals surface area contributed by atoms with Crippen molar-refractivity contribution in [3.63, 3.8) is 0 Å². The summed E-state index contributed by atoms with van der Waals surface area (Å²) < 4.78 is 26.2. The minimum absolute atomic E-state index is 0.0240. The number of carbonyl (C=O) groups excluding carboxylic acids is 2. The first-order valence-electron chi connectivity index (χ1n) is 26.9. The van der Waals surface area contributed by atoms with Crippen LogP contribution < -0.4 is 14.8 Å². The molecule has 3 aliphatic rings. The molecular formula is C57H84N4O12. The molecule has 0 aromatic heterocycles. The Morgan fingerprint density at radius 3 is 2.25 bits per heavy atom. The van der Waals surface area contributed by atoms with Crippen LogP contribution in [0.25, 0.3) is 6.08 Å². The number of oxime groups is 1. The number of nitrogens with one attached hydrogen (secondary N) is 1. The van der Waals surface area contributed by atoms with Crippen molar-refractivity contribution in [3.05, 3.63) is 94.1 Å². The van der Waals surface area contributed by atoms with Gasteiger partial charge in [0.1, 0.15) is 23.1 Å². The molecule has 2 aromatic rings. The van der Waals surface area contributed by atoms with Gasteiger partial charge < -0.3 is 49.3 Å². The molecule has 1 heterocycles. The monoisotopic (exact) mass is 1020 g/mol. The van der Waals surface area contributed by atoms with Gasteiger partial charge in [0.15, 0.2) is 0 Å². The standard InChI is InChI=1S/C57H84N4O12/c1-6-8-9-10-11-12-13-14-15-18-31-58-55(66)71-45-28-29-50-48(40-45)53-46(22-17-20-34-63)43(21-16-19-33-62)39-47-49(59-73-56(3,4)5)41-51(57(72-50,54(47)53)70-36-7-2)60(32-37-69-38-35-64)52(65)30-25-42-23-26-44(27-24-42)61(67)68/h7,23-30,39-40,43,46,51,53-54,62-64H,2,6,8-22,31-38,41H2,1,3-5H3,(H,58,66)/t43-,46+,51-,53+,54+,57+/m0/s1. The van der Waals surface area contributed by atoms with Crippen molar-refractivity contribution in [3.8, 4) is 11.5 Å². The molecule has 0 spiro atoms. The highest BCUT2D eigenvalue weighted by Gasteiger charge is 2.65. The summed E-state index contributed by atoms with van der Waals surface area (Å²) in [4.78, 5) is 47.2. The van der Waals surface area contributed by atoms with E-state index >= 15 is 0 Å². The van der Waals surface area contributed by atoms with Crippen molar-refractivity contribution >= 4 is 29.5 Å². The molecule has 73 heavy (non-hydrogen) atoms. The maximum atomic E-state index is 15.0. The van der Waals surface area contributed by atoms with Crippen LogP contribution in [-0.2, 0) is 19.1 Å². The summed E-state index contributed by atoms with van der Waals surface area (Å²) in [5, 5.41) is 48.9. The first-order valence-corrected chi connectivity index (χ1v) is 26.9. The van der Waals surface area contributed by atoms with Gasteiger partial charge in [0.2, 0.25) is 11.7 Å². The maximum Gasteiger partial charge on any atom is 0.412 e. The molecule has 5 rings (SSSR count). The summed E-state index contributed by atoms with van der Waals surface area (Å²) in [5.41, 5.74) is 2.06. The first kappa shape index (κ1) is 58.8. The van der Waals surface area contributed by atoms with Gasteiger partial charge in [-0.15, -0.1) is 6.58 Å². The number of carbonyl (C=O) groups is 2. The van der Waals surface area contributed by atoms with Crippen LogP contribution in [0, 0.1) is 27.9 Å². The lowest BCUT2D eigenvalue weighted by molar-refractivity contribution is -0.384.